The third kappa shape index (κ3) is 4.05. The molecule has 0 aliphatic heterocycles. The molecular formula is C16H16N4O. The molecule has 0 saturated heterocycles. The molecule has 1 amide bonds. The number of benzene rings is 1. The van der Waals surface area contributed by atoms with Gasteiger partial charge < -0.3 is 10.6 Å². The Morgan fingerprint density at radius 2 is 2.19 bits per heavy atom. The van der Waals surface area contributed by atoms with Gasteiger partial charge in [0, 0.05) is 24.8 Å². The molecule has 21 heavy (non-hydrogen) atoms. The van der Waals surface area contributed by atoms with E-state index in [4.69, 9.17) is 5.26 Å². The van der Waals surface area contributed by atoms with E-state index in [9.17, 15) is 4.79 Å². The Kier molecular flexibility index (Phi) is 4.89. The Balaban J connectivity index is 2.01. The van der Waals surface area contributed by atoms with Crippen LogP contribution in [0.1, 0.15) is 28.4 Å². The normalized spacial score (nSPS) is 9.71. The van der Waals surface area contributed by atoms with Crippen LogP contribution in [-0.4, -0.2) is 17.4 Å². The van der Waals surface area contributed by atoms with Gasteiger partial charge in [-0.1, -0.05) is 12.1 Å². The lowest BCUT2D eigenvalue weighted by Crippen LogP contribution is -2.23. The number of aromatic nitrogens is 1. The molecule has 0 aliphatic rings. The Hall–Kier alpha value is -2.87. The summed E-state index contributed by atoms with van der Waals surface area (Å²) in [7, 11) is 0. The summed E-state index contributed by atoms with van der Waals surface area (Å²) in [5.41, 5.74) is 2.03. The van der Waals surface area contributed by atoms with Crippen molar-refractivity contribution in [3.63, 3.8) is 0 Å². The van der Waals surface area contributed by atoms with Gasteiger partial charge in [0.25, 0.3) is 5.91 Å². The summed E-state index contributed by atoms with van der Waals surface area (Å²) in [5.74, 6) is 0.510. The minimum absolute atomic E-state index is 0.168. The van der Waals surface area contributed by atoms with Gasteiger partial charge in [-0.05, 0) is 36.8 Å². The fourth-order valence-electron chi connectivity index (χ4n) is 1.88. The van der Waals surface area contributed by atoms with E-state index in [2.05, 4.69) is 21.7 Å². The summed E-state index contributed by atoms with van der Waals surface area (Å²) in [4.78, 5) is 16.2. The molecule has 2 N–H and O–H groups in total. The molecule has 0 atom stereocenters. The van der Waals surface area contributed by atoms with Crippen LogP contribution in [0.4, 0.5) is 5.82 Å². The number of nitrogens with one attached hydrogen (secondary N) is 2. The first kappa shape index (κ1) is 14.5. The molecule has 5 heteroatoms. The number of anilines is 1. The number of rotatable bonds is 5. The van der Waals surface area contributed by atoms with E-state index in [-0.39, 0.29) is 5.91 Å². The predicted octanol–water partition coefficient (Wildman–Crippen LogP) is 2.32. The van der Waals surface area contributed by atoms with Crippen LogP contribution in [0.5, 0.6) is 0 Å². The number of nitrogens with zero attached hydrogens (tertiary/aromatic N) is 2. The van der Waals surface area contributed by atoms with E-state index < -0.39 is 0 Å². The Labute approximate surface area is 123 Å². The standard InChI is InChI=1S/C16H16N4O/c1-2-18-15-9-14(6-7-19-15)16(21)20-11-13-5-3-4-12(8-13)10-17/h3-9H,2,11H2,1H3,(H,18,19)(H,20,21). The predicted molar refractivity (Wildman–Crippen MR) is 80.7 cm³/mol. The highest BCUT2D eigenvalue weighted by Crippen LogP contribution is 2.08. The van der Waals surface area contributed by atoms with Crippen molar-refractivity contribution in [3.05, 3.63) is 59.3 Å². The molecule has 0 aliphatic carbocycles. The molecule has 106 valence electrons. The third-order valence-electron chi connectivity index (χ3n) is 2.89. The van der Waals surface area contributed by atoms with Crippen molar-refractivity contribution in [2.45, 2.75) is 13.5 Å². The maximum atomic E-state index is 12.1. The van der Waals surface area contributed by atoms with E-state index in [1.54, 1.807) is 36.5 Å². The molecule has 0 radical (unpaired) electrons. The van der Waals surface area contributed by atoms with E-state index in [1.165, 1.54) is 0 Å². The monoisotopic (exact) mass is 280 g/mol. The zero-order valence-electron chi connectivity index (χ0n) is 11.8. The van der Waals surface area contributed by atoms with Crippen LogP contribution in [0.15, 0.2) is 42.6 Å². The summed E-state index contributed by atoms with van der Waals surface area (Å²) in [6, 6.07) is 12.6. The number of carbonyl (C=O) groups excluding carboxylic acids is 1. The molecule has 0 unspecified atom stereocenters. The second-order valence-electron chi connectivity index (χ2n) is 4.45. The molecule has 1 aromatic heterocycles. The number of hydrogen-bond donors (Lipinski definition) is 2. The summed E-state index contributed by atoms with van der Waals surface area (Å²) < 4.78 is 0. The summed E-state index contributed by atoms with van der Waals surface area (Å²) in [6.07, 6.45) is 1.60. The summed E-state index contributed by atoms with van der Waals surface area (Å²) >= 11 is 0. The minimum atomic E-state index is -0.168. The van der Waals surface area contributed by atoms with Crippen molar-refractivity contribution in [1.29, 1.82) is 5.26 Å². The van der Waals surface area contributed by atoms with Gasteiger partial charge in [-0.3, -0.25) is 4.79 Å². The highest BCUT2D eigenvalue weighted by atomic mass is 16.1. The Morgan fingerprint density at radius 3 is 2.95 bits per heavy atom. The van der Waals surface area contributed by atoms with Gasteiger partial charge in [0.2, 0.25) is 0 Å². The number of carbonyl (C=O) groups is 1. The minimum Gasteiger partial charge on any atom is -0.370 e. The fourth-order valence-corrected chi connectivity index (χ4v) is 1.88. The molecular weight excluding hydrogens is 264 g/mol. The summed E-state index contributed by atoms with van der Waals surface area (Å²) in [6.45, 7) is 3.10. The van der Waals surface area contributed by atoms with E-state index in [0.29, 0.717) is 23.5 Å². The van der Waals surface area contributed by atoms with E-state index >= 15 is 0 Å². The van der Waals surface area contributed by atoms with Crippen molar-refractivity contribution < 1.29 is 4.79 Å². The van der Waals surface area contributed by atoms with Crippen LogP contribution in [0.2, 0.25) is 0 Å². The van der Waals surface area contributed by atoms with Gasteiger partial charge in [-0.25, -0.2) is 4.98 Å². The lowest BCUT2D eigenvalue weighted by Gasteiger charge is -2.07. The quantitative estimate of drug-likeness (QED) is 0.881. The molecule has 1 aromatic carbocycles. The second-order valence-corrected chi connectivity index (χ2v) is 4.45. The van der Waals surface area contributed by atoms with E-state index in [1.807, 2.05) is 13.0 Å². The van der Waals surface area contributed by atoms with Crippen LogP contribution in [-0.2, 0) is 6.54 Å². The third-order valence-corrected chi connectivity index (χ3v) is 2.89. The lowest BCUT2D eigenvalue weighted by atomic mass is 10.1. The number of pyridine rings is 1. The zero-order chi connectivity index (χ0) is 15.1. The van der Waals surface area contributed by atoms with Gasteiger partial charge >= 0.3 is 0 Å². The average molecular weight is 280 g/mol. The van der Waals surface area contributed by atoms with Crippen molar-refractivity contribution >= 4 is 11.7 Å². The van der Waals surface area contributed by atoms with E-state index in [0.717, 1.165) is 12.1 Å². The lowest BCUT2D eigenvalue weighted by molar-refractivity contribution is 0.0951. The zero-order valence-corrected chi connectivity index (χ0v) is 11.8. The molecule has 2 aromatic rings. The molecule has 0 spiro atoms. The molecule has 1 heterocycles. The van der Waals surface area contributed by atoms with Crippen LogP contribution in [0.3, 0.4) is 0 Å². The van der Waals surface area contributed by atoms with Crippen LogP contribution in [0.25, 0.3) is 0 Å². The van der Waals surface area contributed by atoms with Gasteiger partial charge in [0.05, 0.1) is 11.6 Å². The van der Waals surface area contributed by atoms with Crippen molar-refractivity contribution in [2.75, 3.05) is 11.9 Å². The molecule has 0 saturated carbocycles. The average Bonchev–Trinajstić information content (AvgIpc) is 2.53. The van der Waals surface area contributed by atoms with Gasteiger partial charge in [-0.2, -0.15) is 5.26 Å². The highest BCUT2D eigenvalue weighted by molar-refractivity contribution is 5.94. The molecule has 5 nitrogen and oxygen atoms in total. The maximum absolute atomic E-state index is 12.1. The van der Waals surface area contributed by atoms with Gasteiger partial charge in [-0.15, -0.1) is 0 Å². The first-order valence-corrected chi connectivity index (χ1v) is 6.70. The highest BCUT2D eigenvalue weighted by Gasteiger charge is 2.06. The number of amides is 1. The second kappa shape index (κ2) is 7.06. The van der Waals surface area contributed by atoms with Crippen molar-refractivity contribution in [1.82, 2.24) is 10.3 Å². The molecule has 0 bridgehead atoms. The largest absolute Gasteiger partial charge is 0.370 e. The number of nitriles is 1. The first-order chi connectivity index (χ1) is 10.2. The van der Waals surface area contributed by atoms with Gasteiger partial charge in [0.15, 0.2) is 0 Å². The fraction of sp³-hybridized carbons (Fsp3) is 0.188. The Morgan fingerprint density at radius 1 is 1.33 bits per heavy atom. The van der Waals surface area contributed by atoms with Crippen molar-refractivity contribution in [3.8, 4) is 6.07 Å². The van der Waals surface area contributed by atoms with Crippen molar-refractivity contribution in [2.24, 2.45) is 0 Å². The smallest absolute Gasteiger partial charge is 0.251 e. The first-order valence-electron chi connectivity index (χ1n) is 6.70. The van der Waals surface area contributed by atoms with Crippen LogP contribution >= 0.6 is 0 Å². The molecule has 2 rings (SSSR count). The SMILES string of the molecule is CCNc1cc(C(=O)NCc2cccc(C#N)c2)ccn1. The van der Waals surface area contributed by atoms with Gasteiger partial charge in [0.1, 0.15) is 5.82 Å². The van der Waals surface area contributed by atoms with Crippen LogP contribution < -0.4 is 10.6 Å². The topological polar surface area (TPSA) is 77.8 Å². The van der Waals surface area contributed by atoms with Crippen LogP contribution in [0, 0.1) is 11.3 Å². The number of hydrogen-bond acceptors (Lipinski definition) is 4. The summed E-state index contributed by atoms with van der Waals surface area (Å²) in [5, 5.41) is 14.7. The maximum Gasteiger partial charge on any atom is 0.251 e. The Bertz CT molecular complexity index is 676. The molecule has 0 fully saturated rings.